The van der Waals surface area contributed by atoms with Crippen LogP contribution in [0.25, 0.3) is 0 Å². The van der Waals surface area contributed by atoms with Crippen LogP contribution in [-0.2, 0) is 0 Å². The molecular formula is C14H29N3. The van der Waals surface area contributed by atoms with Gasteiger partial charge in [-0.1, -0.05) is 6.92 Å². The van der Waals surface area contributed by atoms with Gasteiger partial charge >= 0.3 is 0 Å². The van der Waals surface area contributed by atoms with Gasteiger partial charge in [-0.15, -0.1) is 0 Å². The maximum atomic E-state index is 3.72. The fourth-order valence-electron chi connectivity index (χ4n) is 3.26. The molecule has 2 rings (SSSR count). The SMILES string of the molecule is CCC1(C)CN(C2CCCN(C)C2)C(C)CN1. The number of likely N-dealkylation sites (N-methyl/N-ethyl adjacent to an activating group) is 1. The molecule has 2 aliphatic heterocycles. The molecule has 2 heterocycles. The van der Waals surface area contributed by atoms with Gasteiger partial charge < -0.3 is 10.2 Å². The summed E-state index contributed by atoms with van der Waals surface area (Å²) in [6.07, 6.45) is 3.97. The Morgan fingerprint density at radius 3 is 2.82 bits per heavy atom. The lowest BCUT2D eigenvalue weighted by Crippen LogP contribution is -2.65. The first-order valence-electron chi connectivity index (χ1n) is 7.23. The van der Waals surface area contributed by atoms with E-state index >= 15 is 0 Å². The molecule has 3 atom stereocenters. The Kier molecular flexibility index (Phi) is 4.11. The lowest BCUT2D eigenvalue weighted by atomic mass is 9.91. The quantitative estimate of drug-likeness (QED) is 0.788. The Bertz CT molecular complexity index is 256. The third-order valence-electron chi connectivity index (χ3n) is 4.77. The van der Waals surface area contributed by atoms with Crippen molar-refractivity contribution in [2.45, 2.75) is 57.7 Å². The highest BCUT2D eigenvalue weighted by Crippen LogP contribution is 2.24. The molecule has 0 amide bonds. The van der Waals surface area contributed by atoms with Crippen molar-refractivity contribution in [2.24, 2.45) is 0 Å². The minimum atomic E-state index is 0.322. The van der Waals surface area contributed by atoms with Crippen LogP contribution < -0.4 is 5.32 Å². The van der Waals surface area contributed by atoms with E-state index in [9.17, 15) is 0 Å². The normalized spacial score (nSPS) is 41.6. The predicted octanol–water partition coefficient (Wildman–Crippen LogP) is 1.54. The van der Waals surface area contributed by atoms with Crippen molar-refractivity contribution in [2.75, 3.05) is 33.2 Å². The van der Waals surface area contributed by atoms with Crippen LogP contribution in [0.2, 0.25) is 0 Å². The van der Waals surface area contributed by atoms with Crippen LogP contribution in [0.1, 0.15) is 40.0 Å². The van der Waals surface area contributed by atoms with Crippen molar-refractivity contribution >= 4 is 0 Å². The van der Waals surface area contributed by atoms with Crippen LogP contribution in [0.5, 0.6) is 0 Å². The molecule has 0 bridgehead atoms. The summed E-state index contributed by atoms with van der Waals surface area (Å²) in [5.74, 6) is 0. The predicted molar refractivity (Wildman–Crippen MR) is 73.4 cm³/mol. The summed E-state index contributed by atoms with van der Waals surface area (Å²) in [6, 6.07) is 1.46. The van der Waals surface area contributed by atoms with Crippen molar-refractivity contribution in [3.63, 3.8) is 0 Å². The molecule has 3 unspecified atom stereocenters. The average molecular weight is 239 g/mol. The van der Waals surface area contributed by atoms with Crippen LogP contribution in [0.3, 0.4) is 0 Å². The van der Waals surface area contributed by atoms with Crippen molar-refractivity contribution in [1.82, 2.24) is 15.1 Å². The highest BCUT2D eigenvalue weighted by molar-refractivity contribution is 4.96. The van der Waals surface area contributed by atoms with Crippen LogP contribution in [0, 0.1) is 0 Å². The van der Waals surface area contributed by atoms with E-state index in [4.69, 9.17) is 0 Å². The topological polar surface area (TPSA) is 18.5 Å². The van der Waals surface area contributed by atoms with Gasteiger partial charge in [-0.2, -0.15) is 0 Å². The summed E-state index contributed by atoms with van der Waals surface area (Å²) >= 11 is 0. The number of hydrogen-bond donors (Lipinski definition) is 1. The largest absolute Gasteiger partial charge is 0.309 e. The van der Waals surface area contributed by atoms with Gasteiger partial charge in [0.2, 0.25) is 0 Å². The third kappa shape index (κ3) is 3.01. The van der Waals surface area contributed by atoms with Crippen LogP contribution in [0.4, 0.5) is 0 Å². The van der Waals surface area contributed by atoms with Crippen molar-refractivity contribution in [3.05, 3.63) is 0 Å². The molecule has 17 heavy (non-hydrogen) atoms. The molecular weight excluding hydrogens is 210 g/mol. The first-order chi connectivity index (χ1) is 8.04. The molecule has 2 saturated heterocycles. The van der Waals surface area contributed by atoms with Crippen molar-refractivity contribution < 1.29 is 0 Å². The van der Waals surface area contributed by atoms with Crippen molar-refractivity contribution in [3.8, 4) is 0 Å². The average Bonchev–Trinajstić information content (AvgIpc) is 2.33. The molecule has 0 spiro atoms. The molecule has 2 aliphatic rings. The van der Waals surface area contributed by atoms with Crippen LogP contribution in [-0.4, -0.2) is 60.6 Å². The molecule has 2 fully saturated rings. The molecule has 0 aromatic rings. The van der Waals surface area contributed by atoms with E-state index in [1.54, 1.807) is 0 Å². The lowest BCUT2D eigenvalue weighted by molar-refractivity contribution is 0.0233. The molecule has 0 aromatic heterocycles. The van der Waals surface area contributed by atoms with E-state index < -0.39 is 0 Å². The monoisotopic (exact) mass is 239 g/mol. The zero-order chi connectivity index (χ0) is 12.5. The minimum absolute atomic E-state index is 0.322. The summed E-state index contributed by atoms with van der Waals surface area (Å²) in [5.41, 5.74) is 0.322. The molecule has 3 nitrogen and oxygen atoms in total. The molecule has 0 radical (unpaired) electrons. The van der Waals surface area contributed by atoms with Gasteiger partial charge in [0.05, 0.1) is 0 Å². The Labute approximate surface area is 107 Å². The first kappa shape index (κ1) is 13.3. The van der Waals surface area contributed by atoms with Crippen LogP contribution >= 0.6 is 0 Å². The third-order valence-corrected chi connectivity index (χ3v) is 4.77. The summed E-state index contributed by atoms with van der Waals surface area (Å²) in [5, 5.41) is 3.72. The Balaban J connectivity index is 2.01. The highest BCUT2D eigenvalue weighted by atomic mass is 15.3. The molecule has 0 aliphatic carbocycles. The summed E-state index contributed by atoms with van der Waals surface area (Å²) in [7, 11) is 2.26. The van der Waals surface area contributed by atoms with Gasteiger partial charge in [-0.05, 0) is 46.7 Å². The zero-order valence-electron chi connectivity index (χ0n) is 12.0. The number of rotatable bonds is 2. The zero-order valence-corrected chi connectivity index (χ0v) is 12.0. The molecule has 100 valence electrons. The van der Waals surface area contributed by atoms with Gasteiger partial charge in [-0.3, -0.25) is 4.90 Å². The first-order valence-corrected chi connectivity index (χ1v) is 7.23. The number of piperazine rings is 1. The number of nitrogens with zero attached hydrogens (tertiary/aromatic N) is 2. The Hall–Kier alpha value is -0.120. The van der Waals surface area contributed by atoms with E-state index in [1.165, 1.54) is 38.9 Å². The number of nitrogens with one attached hydrogen (secondary N) is 1. The standard InChI is InChI=1S/C14H29N3/c1-5-14(3)11-17(12(2)9-15-14)13-7-6-8-16(4)10-13/h12-13,15H,5-11H2,1-4H3. The van der Waals surface area contributed by atoms with Gasteiger partial charge in [0.1, 0.15) is 0 Å². The maximum absolute atomic E-state index is 3.72. The fraction of sp³-hybridized carbons (Fsp3) is 1.00. The lowest BCUT2D eigenvalue weighted by Gasteiger charge is -2.50. The molecule has 0 aromatic carbocycles. The molecule has 3 heteroatoms. The summed E-state index contributed by atoms with van der Waals surface area (Å²) in [4.78, 5) is 5.25. The van der Waals surface area contributed by atoms with Gasteiger partial charge in [0.15, 0.2) is 0 Å². The van der Waals surface area contributed by atoms with Gasteiger partial charge in [0, 0.05) is 37.3 Å². The summed E-state index contributed by atoms with van der Waals surface area (Å²) in [6.45, 7) is 11.9. The number of likely N-dealkylation sites (tertiary alicyclic amines) is 1. The second-order valence-corrected chi connectivity index (χ2v) is 6.37. The van der Waals surface area contributed by atoms with Gasteiger partial charge in [-0.25, -0.2) is 0 Å². The van der Waals surface area contributed by atoms with Crippen molar-refractivity contribution in [1.29, 1.82) is 0 Å². The second kappa shape index (κ2) is 5.25. The molecule has 1 N–H and O–H groups in total. The highest BCUT2D eigenvalue weighted by Gasteiger charge is 2.36. The van der Waals surface area contributed by atoms with E-state index in [-0.39, 0.29) is 0 Å². The number of piperidine rings is 1. The maximum Gasteiger partial charge on any atom is 0.0278 e. The summed E-state index contributed by atoms with van der Waals surface area (Å²) < 4.78 is 0. The Morgan fingerprint density at radius 2 is 2.18 bits per heavy atom. The van der Waals surface area contributed by atoms with E-state index in [0.29, 0.717) is 11.6 Å². The molecule has 0 saturated carbocycles. The van der Waals surface area contributed by atoms with E-state index in [0.717, 1.165) is 12.6 Å². The second-order valence-electron chi connectivity index (χ2n) is 6.37. The fourth-order valence-corrected chi connectivity index (χ4v) is 3.26. The van der Waals surface area contributed by atoms with E-state index in [1.807, 2.05) is 0 Å². The smallest absolute Gasteiger partial charge is 0.0278 e. The van der Waals surface area contributed by atoms with Crippen LogP contribution in [0.15, 0.2) is 0 Å². The number of hydrogen-bond acceptors (Lipinski definition) is 3. The van der Waals surface area contributed by atoms with E-state index in [2.05, 4.69) is 42.9 Å². The van der Waals surface area contributed by atoms with Gasteiger partial charge in [0.25, 0.3) is 0 Å². The minimum Gasteiger partial charge on any atom is -0.309 e. The Morgan fingerprint density at radius 1 is 1.41 bits per heavy atom.